The molecule has 0 aromatic carbocycles. The molecule has 1 aromatic rings. The van der Waals surface area contributed by atoms with Gasteiger partial charge in [-0.15, -0.1) is 10.2 Å². The number of carbonyl (C=O) groups excluding carboxylic acids is 2. The molecule has 2 amide bonds. The minimum atomic E-state index is -5.08. The van der Waals surface area contributed by atoms with Crippen LogP contribution >= 0.6 is 0 Å². The minimum absolute atomic E-state index is 0.00287. The van der Waals surface area contributed by atoms with E-state index in [-0.39, 0.29) is 29.6 Å². The second kappa shape index (κ2) is 8.41. The number of rotatable bonds is 4. The lowest BCUT2D eigenvalue weighted by Crippen LogP contribution is -2.48. The number of halogens is 3. The van der Waals surface area contributed by atoms with Gasteiger partial charge in [-0.1, -0.05) is 20.8 Å². The quantitative estimate of drug-likeness (QED) is 0.564. The highest BCUT2D eigenvalue weighted by molar-refractivity contribution is 5.87. The molecule has 0 saturated carbocycles. The van der Waals surface area contributed by atoms with Crippen molar-refractivity contribution >= 4 is 17.8 Å². The lowest BCUT2D eigenvalue weighted by atomic mass is 9.87. The van der Waals surface area contributed by atoms with Crippen molar-refractivity contribution in [2.75, 3.05) is 0 Å². The summed E-state index contributed by atoms with van der Waals surface area (Å²) in [5, 5.41) is 16.6. The van der Waals surface area contributed by atoms with E-state index in [1.807, 2.05) is 20.8 Å². The minimum Gasteiger partial charge on any atom is -0.475 e. The lowest BCUT2D eigenvalue weighted by molar-refractivity contribution is -0.192. The first-order valence-corrected chi connectivity index (χ1v) is 6.61. The Bertz CT molecular complexity index is 623. The molecule has 1 atom stereocenters. The lowest BCUT2D eigenvalue weighted by Gasteiger charge is -2.25. The van der Waals surface area contributed by atoms with E-state index in [1.165, 1.54) is 0 Å². The molecule has 0 spiro atoms. The summed E-state index contributed by atoms with van der Waals surface area (Å²) < 4.78 is 36.6. The summed E-state index contributed by atoms with van der Waals surface area (Å²) in [4.78, 5) is 31.3. The zero-order chi connectivity index (χ0) is 20.0. The van der Waals surface area contributed by atoms with Crippen molar-refractivity contribution in [1.29, 1.82) is 0 Å². The van der Waals surface area contributed by atoms with Crippen LogP contribution in [-0.2, 0) is 16.1 Å². The van der Waals surface area contributed by atoms with Crippen LogP contribution in [0.25, 0.3) is 0 Å². The summed E-state index contributed by atoms with van der Waals surface area (Å²) in [5.41, 5.74) is 10.4. The number of hydrogen-bond donors (Lipinski definition) is 4. The van der Waals surface area contributed by atoms with Crippen molar-refractivity contribution in [3.63, 3.8) is 0 Å². The zero-order valence-electron chi connectivity index (χ0n) is 13.5. The summed E-state index contributed by atoms with van der Waals surface area (Å²) in [6.45, 7) is 5.57. The van der Waals surface area contributed by atoms with E-state index in [0.717, 1.165) is 0 Å². The second-order valence-corrected chi connectivity index (χ2v) is 5.73. The Hall–Kier alpha value is -2.70. The first-order chi connectivity index (χ1) is 11.2. The highest BCUT2D eigenvalue weighted by Crippen LogP contribution is 2.17. The number of primary amides is 1. The topological polar surface area (TPSA) is 174 Å². The van der Waals surface area contributed by atoms with Gasteiger partial charge in [-0.05, 0) is 5.41 Å². The van der Waals surface area contributed by atoms with Crippen LogP contribution in [0.15, 0.2) is 4.42 Å². The summed E-state index contributed by atoms with van der Waals surface area (Å²) >= 11 is 0. The Labute approximate surface area is 139 Å². The number of amides is 2. The Balaban J connectivity index is 0.000000697. The molecule has 13 heteroatoms. The Morgan fingerprint density at radius 1 is 1.24 bits per heavy atom. The van der Waals surface area contributed by atoms with Crippen LogP contribution in [0.5, 0.6) is 0 Å². The molecular formula is C12H18F3N5O5. The van der Waals surface area contributed by atoms with Crippen molar-refractivity contribution in [3.8, 4) is 0 Å². The van der Waals surface area contributed by atoms with Crippen molar-refractivity contribution in [2.24, 2.45) is 16.9 Å². The first-order valence-electron chi connectivity index (χ1n) is 6.61. The smallest absolute Gasteiger partial charge is 0.475 e. The van der Waals surface area contributed by atoms with Gasteiger partial charge in [0.1, 0.15) is 0 Å². The summed E-state index contributed by atoms with van der Waals surface area (Å²) in [6, 6.07) is -0.656. The van der Waals surface area contributed by atoms with Gasteiger partial charge in [-0.3, -0.25) is 9.59 Å². The fraction of sp³-hybridized carbons (Fsp3) is 0.583. The summed E-state index contributed by atoms with van der Waals surface area (Å²) in [6.07, 6.45) is -5.08. The number of alkyl halides is 3. The van der Waals surface area contributed by atoms with Crippen LogP contribution in [0.3, 0.4) is 0 Å². The van der Waals surface area contributed by atoms with Gasteiger partial charge in [0.2, 0.25) is 11.8 Å². The van der Waals surface area contributed by atoms with Gasteiger partial charge in [-0.25, -0.2) is 4.79 Å². The highest BCUT2D eigenvalue weighted by Gasteiger charge is 2.38. The molecule has 142 valence electrons. The molecule has 0 fully saturated rings. The summed E-state index contributed by atoms with van der Waals surface area (Å²) in [5.74, 6) is -4.10. The van der Waals surface area contributed by atoms with E-state index in [4.69, 9.17) is 25.8 Å². The Morgan fingerprint density at radius 2 is 1.72 bits per heavy atom. The van der Waals surface area contributed by atoms with Crippen molar-refractivity contribution < 1.29 is 37.1 Å². The molecule has 1 aromatic heterocycles. The average Bonchev–Trinajstić information content (AvgIpc) is 2.91. The van der Waals surface area contributed by atoms with E-state index >= 15 is 0 Å². The molecule has 25 heavy (non-hydrogen) atoms. The van der Waals surface area contributed by atoms with Crippen molar-refractivity contribution in [2.45, 2.75) is 39.5 Å². The van der Waals surface area contributed by atoms with Crippen LogP contribution in [0.1, 0.15) is 37.3 Å². The van der Waals surface area contributed by atoms with Gasteiger partial charge in [0.05, 0.1) is 12.6 Å². The predicted octanol–water partition coefficient (Wildman–Crippen LogP) is -0.209. The highest BCUT2D eigenvalue weighted by atomic mass is 19.4. The molecule has 0 bridgehead atoms. The number of carbonyl (C=O) groups is 3. The molecule has 0 aliphatic heterocycles. The monoisotopic (exact) mass is 369 g/mol. The predicted molar refractivity (Wildman–Crippen MR) is 75.8 cm³/mol. The largest absolute Gasteiger partial charge is 0.490 e. The van der Waals surface area contributed by atoms with E-state index < -0.39 is 24.1 Å². The molecule has 0 aliphatic carbocycles. The molecular weight excluding hydrogens is 351 g/mol. The second-order valence-electron chi connectivity index (χ2n) is 5.73. The number of nitrogens with two attached hydrogens (primary N) is 2. The first kappa shape index (κ1) is 22.3. The number of aliphatic carboxylic acids is 1. The third-order valence-corrected chi connectivity index (χ3v) is 2.55. The number of hydrogen-bond acceptors (Lipinski definition) is 7. The van der Waals surface area contributed by atoms with E-state index in [0.29, 0.717) is 0 Å². The average molecular weight is 369 g/mol. The third kappa shape index (κ3) is 8.10. The number of carboxylic acid groups (broad SMARTS) is 1. The van der Waals surface area contributed by atoms with Crippen molar-refractivity contribution in [3.05, 3.63) is 11.8 Å². The maximum atomic E-state index is 11.7. The van der Waals surface area contributed by atoms with Gasteiger partial charge in [-0.2, -0.15) is 13.2 Å². The van der Waals surface area contributed by atoms with Crippen LogP contribution in [0, 0.1) is 5.41 Å². The number of nitrogens with one attached hydrogen (secondary N) is 1. The molecule has 6 N–H and O–H groups in total. The fourth-order valence-electron chi connectivity index (χ4n) is 1.09. The van der Waals surface area contributed by atoms with E-state index in [2.05, 4.69) is 15.5 Å². The van der Waals surface area contributed by atoms with Crippen LogP contribution in [0.2, 0.25) is 0 Å². The number of nitrogens with zero attached hydrogens (tertiary/aromatic N) is 2. The number of carboxylic acids is 1. The summed E-state index contributed by atoms with van der Waals surface area (Å²) in [7, 11) is 0. The maximum Gasteiger partial charge on any atom is 0.490 e. The van der Waals surface area contributed by atoms with Gasteiger partial charge < -0.3 is 26.3 Å². The van der Waals surface area contributed by atoms with Gasteiger partial charge in [0, 0.05) is 0 Å². The molecule has 0 aliphatic rings. The van der Waals surface area contributed by atoms with E-state index in [1.54, 1.807) is 0 Å². The zero-order valence-corrected chi connectivity index (χ0v) is 13.5. The molecule has 0 radical (unpaired) electrons. The molecule has 1 heterocycles. The van der Waals surface area contributed by atoms with Crippen LogP contribution in [0.4, 0.5) is 13.2 Å². The molecule has 10 nitrogen and oxygen atoms in total. The fourth-order valence-corrected chi connectivity index (χ4v) is 1.09. The third-order valence-electron chi connectivity index (χ3n) is 2.55. The Kier molecular flexibility index (Phi) is 7.50. The SMILES string of the molecule is CC(C)(C)[C@H](N)C(=O)NCc1nnc(C(N)=O)o1.O=C(O)C(F)(F)F. The normalized spacial score (nSPS) is 12.6. The van der Waals surface area contributed by atoms with Crippen LogP contribution < -0.4 is 16.8 Å². The van der Waals surface area contributed by atoms with Gasteiger partial charge in [0.25, 0.3) is 0 Å². The van der Waals surface area contributed by atoms with Crippen molar-refractivity contribution in [1.82, 2.24) is 15.5 Å². The van der Waals surface area contributed by atoms with Crippen LogP contribution in [-0.4, -0.2) is 45.3 Å². The molecule has 0 unspecified atom stereocenters. The molecule has 0 saturated heterocycles. The van der Waals surface area contributed by atoms with Gasteiger partial charge in [0.15, 0.2) is 0 Å². The molecule has 1 rings (SSSR count). The maximum absolute atomic E-state index is 11.7. The number of aromatic nitrogens is 2. The van der Waals surface area contributed by atoms with Gasteiger partial charge >= 0.3 is 23.9 Å². The standard InChI is InChI=1S/C10H17N5O3.C2HF3O2/c1-10(2,3)6(11)8(17)13-4-5-14-15-9(18-5)7(12)16;3-2(4,5)1(6)7/h6H,4,11H2,1-3H3,(H2,12,16)(H,13,17);(H,6,7)/t6-;/m1./s1. The Morgan fingerprint density at radius 3 is 2.04 bits per heavy atom. The van der Waals surface area contributed by atoms with E-state index in [9.17, 15) is 22.8 Å².